The molecule has 0 aliphatic heterocycles. The van der Waals surface area contributed by atoms with Gasteiger partial charge in [-0.25, -0.2) is 4.39 Å². The van der Waals surface area contributed by atoms with Gasteiger partial charge in [0, 0.05) is 32.5 Å². The Hall–Kier alpha value is -1.66. The average molecular weight is 572 g/mol. The van der Waals surface area contributed by atoms with Gasteiger partial charge in [-0.1, -0.05) is 57.9 Å². The zero-order valence-corrected chi connectivity index (χ0v) is 25.5. The molecule has 4 aliphatic carbocycles. The Morgan fingerprint density at radius 3 is 2.66 bits per heavy atom. The highest BCUT2D eigenvalue weighted by Crippen LogP contribution is 2.63. The Morgan fingerprint density at radius 2 is 1.88 bits per heavy atom. The molecule has 1 aromatic rings. The molecule has 7 atom stereocenters. The van der Waals surface area contributed by atoms with Gasteiger partial charge >= 0.3 is 0 Å². The first-order chi connectivity index (χ1) is 19.8. The monoisotopic (exact) mass is 571 g/mol. The average Bonchev–Trinajstić information content (AvgIpc) is 3.26. The van der Waals surface area contributed by atoms with Crippen molar-refractivity contribution in [2.24, 2.45) is 29.1 Å². The molecule has 5 rings (SSSR count). The van der Waals surface area contributed by atoms with E-state index < -0.39 is 12.3 Å². The van der Waals surface area contributed by atoms with E-state index in [-0.39, 0.29) is 28.9 Å². The molecule has 4 aliphatic rings. The van der Waals surface area contributed by atoms with Crippen LogP contribution in [0.2, 0.25) is 0 Å². The first kappa shape index (κ1) is 30.8. The minimum Gasteiger partial charge on any atom is -0.508 e. The van der Waals surface area contributed by atoms with Crippen LogP contribution in [0.4, 0.5) is 4.39 Å². The normalized spacial score (nSPS) is 33.2. The van der Waals surface area contributed by atoms with Crippen LogP contribution in [0.1, 0.15) is 114 Å². The number of aliphatic hydroxyl groups is 1. The number of unbranched alkanes of at least 4 members (excludes halogenated alkanes) is 2. The molecule has 0 heterocycles. The Labute approximate surface area is 247 Å². The van der Waals surface area contributed by atoms with E-state index in [1.54, 1.807) is 13.2 Å². The lowest BCUT2D eigenvalue weighted by Gasteiger charge is -2.54. The van der Waals surface area contributed by atoms with Gasteiger partial charge in [0.25, 0.3) is 0 Å². The lowest BCUT2D eigenvalue weighted by atomic mass is 9.51. The molecule has 3 unspecified atom stereocenters. The van der Waals surface area contributed by atoms with Crippen molar-refractivity contribution < 1.29 is 24.1 Å². The number of benzene rings is 1. The van der Waals surface area contributed by atoms with E-state index in [0.29, 0.717) is 37.8 Å². The number of phenols is 1. The van der Waals surface area contributed by atoms with Gasteiger partial charge in [0.05, 0.1) is 12.7 Å². The van der Waals surface area contributed by atoms with Crippen LogP contribution in [0.3, 0.4) is 0 Å². The molecule has 3 saturated carbocycles. The Bertz CT molecular complexity index is 1010. The number of halogens is 1. The van der Waals surface area contributed by atoms with Gasteiger partial charge in [-0.15, -0.1) is 0 Å². The van der Waals surface area contributed by atoms with E-state index in [9.17, 15) is 15.0 Å². The fourth-order valence-electron chi connectivity index (χ4n) is 9.44. The van der Waals surface area contributed by atoms with E-state index in [1.807, 2.05) is 17.0 Å². The van der Waals surface area contributed by atoms with E-state index in [2.05, 4.69) is 6.92 Å². The summed E-state index contributed by atoms with van der Waals surface area (Å²) in [5, 5.41) is 21.1. The number of amides is 1. The zero-order valence-electron chi connectivity index (χ0n) is 25.5. The van der Waals surface area contributed by atoms with Crippen molar-refractivity contribution in [2.45, 2.75) is 121 Å². The number of rotatable bonds is 12. The molecule has 3 fully saturated rings. The highest BCUT2D eigenvalue weighted by molar-refractivity contribution is 5.76. The highest BCUT2D eigenvalue weighted by Gasteiger charge is 2.59. The summed E-state index contributed by atoms with van der Waals surface area (Å²) >= 11 is 0. The number of aliphatic hydroxyl groups excluding tert-OH is 1. The molecular formula is C35H54FNO4. The minimum atomic E-state index is -0.964. The molecule has 0 radical (unpaired) electrons. The van der Waals surface area contributed by atoms with Crippen LogP contribution < -0.4 is 0 Å². The topological polar surface area (TPSA) is 70.0 Å². The second-order valence-electron chi connectivity index (χ2n) is 14.1. The Balaban J connectivity index is 1.18. The van der Waals surface area contributed by atoms with Gasteiger partial charge in [-0.3, -0.25) is 4.79 Å². The van der Waals surface area contributed by atoms with Gasteiger partial charge in [-0.05, 0) is 97.3 Å². The molecule has 1 amide bonds. The van der Waals surface area contributed by atoms with Crippen LogP contribution in [0.15, 0.2) is 18.2 Å². The van der Waals surface area contributed by atoms with Crippen molar-refractivity contribution in [3.05, 3.63) is 29.3 Å². The number of methoxy groups -OCH3 is 1. The van der Waals surface area contributed by atoms with E-state index in [1.165, 1.54) is 32.1 Å². The van der Waals surface area contributed by atoms with Gasteiger partial charge in [0.1, 0.15) is 11.9 Å². The van der Waals surface area contributed by atoms with Crippen molar-refractivity contribution >= 4 is 5.91 Å². The van der Waals surface area contributed by atoms with Crippen LogP contribution in [-0.4, -0.2) is 60.1 Å². The number of phenolic OH excluding ortho intramolecular Hbond substituents is 1. The van der Waals surface area contributed by atoms with Gasteiger partial charge in [-0.2, -0.15) is 0 Å². The summed E-state index contributed by atoms with van der Waals surface area (Å²) in [6.07, 6.45) is 14.0. The van der Waals surface area contributed by atoms with Gasteiger partial charge in [0.2, 0.25) is 5.91 Å². The molecule has 0 saturated heterocycles. The zero-order chi connectivity index (χ0) is 29.0. The smallest absolute Gasteiger partial charge is 0.222 e. The highest BCUT2D eigenvalue weighted by atomic mass is 19.1. The second kappa shape index (κ2) is 13.8. The Morgan fingerprint density at radius 1 is 1.07 bits per heavy atom. The quantitative estimate of drug-likeness (QED) is 0.261. The SMILES string of the molecule is COCCN(CCCCC[C@@H]1Cc2cc(O)ccc2C2C1C1CC[C@H](O)[C@@]1(C)C[C@@H]2F)C(=O)CCC1CCCCC1. The molecule has 6 heteroatoms. The van der Waals surface area contributed by atoms with Crippen molar-refractivity contribution in [1.82, 2.24) is 4.90 Å². The molecule has 0 aromatic heterocycles. The number of hydrogen-bond acceptors (Lipinski definition) is 4. The lowest BCUT2D eigenvalue weighted by molar-refractivity contribution is -0.132. The number of ether oxygens (including phenoxy) is 1. The summed E-state index contributed by atoms with van der Waals surface area (Å²) in [7, 11) is 1.70. The predicted octanol–water partition coefficient (Wildman–Crippen LogP) is 7.18. The van der Waals surface area contributed by atoms with Crippen molar-refractivity contribution in [1.29, 1.82) is 0 Å². The van der Waals surface area contributed by atoms with Crippen LogP contribution >= 0.6 is 0 Å². The first-order valence-corrected chi connectivity index (χ1v) is 16.7. The lowest BCUT2D eigenvalue weighted by Crippen LogP contribution is -2.51. The number of alkyl halides is 1. The summed E-state index contributed by atoms with van der Waals surface area (Å²) in [5.74, 6) is 2.04. The molecule has 0 spiro atoms. The third-order valence-corrected chi connectivity index (χ3v) is 11.7. The molecule has 0 bridgehead atoms. The van der Waals surface area contributed by atoms with Crippen LogP contribution in [0.25, 0.3) is 0 Å². The summed E-state index contributed by atoms with van der Waals surface area (Å²) < 4.78 is 21.3. The summed E-state index contributed by atoms with van der Waals surface area (Å²) in [5.41, 5.74) is 1.85. The Kier molecular flexibility index (Phi) is 10.3. The number of aromatic hydroxyl groups is 1. The van der Waals surface area contributed by atoms with Crippen molar-refractivity contribution in [3.63, 3.8) is 0 Å². The second-order valence-corrected chi connectivity index (χ2v) is 14.1. The van der Waals surface area contributed by atoms with Crippen LogP contribution in [0, 0.1) is 29.1 Å². The standard InChI is InChI=1S/C35H54FNO4/c1-35-23-30(36)34-28-14-13-27(38)22-26(28)21-25(33(34)29(35)15-16-31(35)39)11-7-4-8-18-37(19-20-41-2)32(40)17-12-24-9-5-3-6-10-24/h13-14,22,24-25,29-31,33-34,38-39H,3-12,15-21,23H2,1-2H3/t25-,29?,30+,31+,33?,34?,35+/m1/s1. The van der Waals surface area contributed by atoms with Gasteiger partial charge in [0.15, 0.2) is 0 Å². The van der Waals surface area contributed by atoms with E-state index in [4.69, 9.17) is 4.74 Å². The maximum absolute atomic E-state index is 16.0. The maximum Gasteiger partial charge on any atom is 0.222 e. The van der Waals surface area contributed by atoms with E-state index >= 15 is 4.39 Å². The van der Waals surface area contributed by atoms with Crippen LogP contribution in [-0.2, 0) is 16.0 Å². The van der Waals surface area contributed by atoms with E-state index in [0.717, 1.165) is 75.0 Å². The molecule has 230 valence electrons. The summed E-state index contributed by atoms with van der Waals surface area (Å²) in [6, 6.07) is 5.53. The van der Waals surface area contributed by atoms with Crippen molar-refractivity contribution in [2.75, 3.05) is 26.8 Å². The fourth-order valence-corrected chi connectivity index (χ4v) is 9.44. The number of nitrogens with zero attached hydrogens (tertiary/aromatic N) is 1. The number of fused-ring (bicyclic) bond motifs is 5. The number of carbonyl (C=O) groups excluding carboxylic acids is 1. The summed E-state index contributed by atoms with van der Waals surface area (Å²) in [4.78, 5) is 15.1. The molecule has 41 heavy (non-hydrogen) atoms. The number of hydrogen-bond donors (Lipinski definition) is 2. The largest absolute Gasteiger partial charge is 0.508 e. The first-order valence-electron chi connectivity index (χ1n) is 16.7. The fraction of sp³-hybridized carbons (Fsp3) is 0.800. The van der Waals surface area contributed by atoms with Gasteiger partial charge < -0.3 is 19.8 Å². The predicted molar refractivity (Wildman–Crippen MR) is 161 cm³/mol. The molecule has 2 N–H and O–H groups in total. The third kappa shape index (κ3) is 6.79. The van der Waals surface area contributed by atoms with Crippen molar-refractivity contribution in [3.8, 4) is 5.75 Å². The molecular weight excluding hydrogens is 517 g/mol. The third-order valence-electron chi connectivity index (χ3n) is 11.7. The number of carbonyl (C=O) groups is 1. The van der Waals surface area contributed by atoms with Crippen LogP contribution in [0.5, 0.6) is 5.75 Å². The maximum atomic E-state index is 16.0. The molecule has 5 nitrogen and oxygen atoms in total. The molecule has 1 aromatic carbocycles. The summed E-state index contributed by atoms with van der Waals surface area (Å²) in [6.45, 7) is 4.14. The minimum absolute atomic E-state index is 0.140.